The van der Waals surface area contributed by atoms with E-state index in [-0.39, 0.29) is 17.1 Å². The fraction of sp³-hybridized carbons (Fsp3) is 0.167. The van der Waals surface area contributed by atoms with Gasteiger partial charge >= 0.3 is 0 Å². The molecular weight excluding hydrogens is 367 g/mol. The molecule has 1 heterocycles. The Labute approximate surface area is 129 Å². The van der Waals surface area contributed by atoms with Crippen molar-refractivity contribution >= 4 is 43.0 Å². The average Bonchev–Trinajstić information content (AvgIpc) is 2.78. The molecule has 1 aromatic heterocycles. The van der Waals surface area contributed by atoms with E-state index in [2.05, 4.69) is 15.9 Å². The highest BCUT2D eigenvalue weighted by Gasteiger charge is 2.22. The van der Waals surface area contributed by atoms with Crippen molar-refractivity contribution in [1.82, 2.24) is 4.31 Å². The Morgan fingerprint density at radius 1 is 1.40 bits per heavy atom. The molecule has 0 saturated carbocycles. The molecule has 0 aliphatic carbocycles. The highest BCUT2D eigenvalue weighted by atomic mass is 79.9. The van der Waals surface area contributed by atoms with Crippen molar-refractivity contribution in [3.8, 4) is 0 Å². The molecule has 4 nitrogen and oxygen atoms in total. The second-order valence-electron chi connectivity index (χ2n) is 4.18. The molecule has 0 spiro atoms. The highest BCUT2D eigenvalue weighted by molar-refractivity contribution is 9.10. The zero-order chi connectivity index (χ0) is 14.9. The number of anilines is 1. The number of thiophene rings is 1. The number of nitrogens with zero attached hydrogens (tertiary/aromatic N) is 1. The quantitative estimate of drug-likeness (QED) is 0.831. The predicted octanol–water partition coefficient (Wildman–Crippen LogP) is 3.05. The maximum absolute atomic E-state index is 13.1. The summed E-state index contributed by atoms with van der Waals surface area (Å²) in [5, 5.41) is 1.88. The van der Waals surface area contributed by atoms with E-state index in [4.69, 9.17) is 5.73 Å². The van der Waals surface area contributed by atoms with Crippen molar-refractivity contribution in [2.24, 2.45) is 0 Å². The van der Waals surface area contributed by atoms with E-state index in [9.17, 15) is 12.8 Å². The van der Waals surface area contributed by atoms with Gasteiger partial charge < -0.3 is 5.73 Å². The summed E-state index contributed by atoms with van der Waals surface area (Å²) in [4.78, 5) is 0.882. The monoisotopic (exact) mass is 378 g/mol. The maximum Gasteiger partial charge on any atom is 0.243 e. The summed E-state index contributed by atoms with van der Waals surface area (Å²) in [6.45, 7) is 0.246. The lowest BCUT2D eigenvalue weighted by Gasteiger charge is -2.16. The number of nitrogens with two attached hydrogens (primary N) is 1. The van der Waals surface area contributed by atoms with Crippen LogP contribution in [-0.4, -0.2) is 19.8 Å². The highest BCUT2D eigenvalue weighted by Crippen LogP contribution is 2.24. The molecule has 0 aliphatic heterocycles. The average molecular weight is 379 g/mol. The molecule has 20 heavy (non-hydrogen) atoms. The van der Waals surface area contributed by atoms with E-state index in [1.54, 1.807) is 0 Å². The molecule has 2 aromatic rings. The molecule has 2 N–H and O–H groups in total. The molecule has 0 bridgehead atoms. The molecule has 0 fully saturated rings. The van der Waals surface area contributed by atoms with E-state index in [1.807, 2.05) is 11.4 Å². The smallest absolute Gasteiger partial charge is 0.243 e. The van der Waals surface area contributed by atoms with E-state index >= 15 is 0 Å². The minimum Gasteiger partial charge on any atom is -0.396 e. The molecule has 0 saturated heterocycles. The van der Waals surface area contributed by atoms with Gasteiger partial charge in [-0.3, -0.25) is 0 Å². The summed E-state index contributed by atoms with van der Waals surface area (Å²) in [5.41, 5.74) is 5.23. The number of sulfonamides is 1. The van der Waals surface area contributed by atoms with Crippen molar-refractivity contribution in [3.63, 3.8) is 0 Å². The minimum atomic E-state index is -3.69. The number of hydrogen-bond donors (Lipinski definition) is 1. The van der Waals surface area contributed by atoms with Crippen molar-refractivity contribution in [3.05, 3.63) is 44.8 Å². The van der Waals surface area contributed by atoms with Gasteiger partial charge in [-0.2, -0.15) is 4.31 Å². The van der Waals surface area contributed by atoms with Crippen LogP contribution in [0.3, 0.4) is 0 Å². The van der Waals surface area contributed by atoms with Crippen molar-refractivity contribution in [1.29, 1.82) is 0 Å². The van der Waals surface area contributed by atoms with Gasteiger partial charge in [-0.05, 0) is 40.2 Å². The zero-order valence-electron chi connectivity index (χ0n) is 10.5. The summed E-state index contributed by atoms with van der Waals surface area (Å²) >= 11 is 4.78. The predicted molar refractivity (Wildman–Crippen MR) is 81.5 cm³/mol. The van der Waals surface area contributed by atoms with Gasteiger partial charge in [0.05, 0.1) is 10.6 Å². The first-order valence-corrected chi connectivity index (χ1v) is 8.66. The van der Waals surface area contributed by atoms with Gasteiger partial charge in [0, 0.05) is 28.3 Å². The van der Waals surface area contributed by atoms with Gasteiger partial charge in [0.25, 0.3) is 0 Å². The zero-order valence-corrected chi connectivity index (χ0v) is 13.7. The van der Waals surface area contributed by atoms with Gasteiger partial charge in [0.2, 0.25) is 10.0 Å². The third kappa shape index (κ3) is 3.20. The first-order chi connectivity index (χ1) is 9.30. The van der Waals surface area contributed by atoms with Crippen LogP contribution in [0.4, 0.5) is 10.1 Å². The largest absolute Gasteiger partial charge is 0.396 e. The van der Waals surface area contributed by atoms with E-state index in [0.717, 1.165) is 21.5 Å². The standard InChI is InChI=1S/C12H12BrFN2O2S2/c1-16(6-9-4-8(13)7-19-9)20(17,18)10-2-3-11(14)12(15)5-10/h2-5,7H,6,15H2,1H3. The summed E-state index contributed by atoms with van der Waals surface area (Å²) in [6.07, 6.45) is 0. The number of halogens is 2. The van der Waals surface area contributed by atoms with Crippen LogP contribution in [-0.2, 0) is 16.6 Å². The topological polar surface area (TPSA) is 63.4 Å². The van der Waals surface area contributed by atoms with Gasteiger partial charge in [-0.15, -0.1) is 11.3 Å². The molecule has 0 amide bonds. The summed E-state index contributed by atoms with van der Waals surface area (Å²) in [5.74, 6) is -0.631. The minimum absolute atomic E-state index is 0.0190. The van der Waals surface area contributed by atoms with Gasteiger partial charge in [-0.25, -0.2) is 12.8 Å². The number of nitrogen functional groups attached to an aromatic ring is 1. The lowest BCUT2D eigenvalue weighted by Crippen LogP contribution is -2.26. The number of rotatable bonds is 4. The summed E-state index contributed by atoms with van der Waals surface area (Å²) < 4.78 is 39.9. The third-order valence-corrected chi connectivity index (χ3v) is 6.16. The molecule has 0 atom stereocenters. The Morgan fingerprint density at radius 3 is 2.65 bits per heavy atom. The molecule has 1 aromatic carbocycles. The molecule has 0 aliphatic rings. The Balaban J connectivity index is 2.27. The van der Waals surface area contributed by atoms with Crippen LogP contribution in [0.2, 0.25) is 0 Å². The molecular formula is C12H12BrFN2O2S2. The molecule has 0 unspecified atom stereocenters. The van der Waals surface area contributed by atoms with Gasteiger partial charge in [0.1, 0.15) is 5.82 Å². The van der Waals surface area contributed by atoms with Crippen LogP contribution in [0.5, 0.6) is 0 Å². The lowest BCUT2D eigenvalue weighted by molar-refractivity contribution is 0.469. The first kappa shape index (κ1) is 15.4. The van der Waals surface area contributed by atoms with Gasteiger partial charge in [-0.1, -0.05) is 0 Å². The maximum atomic E-state index is 13.1. The number of hydrogen-bond acceptors (Lipinski definition) is 4. The van der Waals surface area contributed by atoms with E-state index in [0.29, 0.717) is 0 Å². The molecule has 108 valence electrons. The first-order valence-electron chi connectivity index (χ1n) is 5.55. The normalized spacial score (nSPS) is 12.0. The summed E-state index contributed by atoms with van der Waals surface area (Å²) in [6, 6.07) is 5.25. The Hall–Kier alpha value is -0.960. The van der Waals surface area contributed by atoms with Crippen LogP contribution in [0.15, 0.2) is 39.0 Å². The van der Waals surface area contributed by atoms with Crippen LogP contribution < -0.4 is 5.73 Å². The lowest BCUT2D eigenvalue weighted by atomic mass is 10.3. The summed E-state index contributed by atoms with van der Waals surface area (Å²) in [7, 11) is -2.21. The van der Waals surface area contributed by atoms with Crippen LogP contribution in [0.25, 0.3) is 0 Å². The van der Waals surface area contributed by atoms with E-state index < -0.39 is 15.8 Å². The third-order valence-electron chi connectivity index (χ3n) is 2.68. The number of benzene rings is 1. The van der Waals surface area contributed by atoms with Crippen molar-refractivity contribution in [2.75, 3.05) is 12.8 Å². The molecule has 2 rings (SSSR count). The fourth-order valence-electron chi connectivity index (χ4n) is 1.60. The van der Waals surface area contributed by atoms with Gasteiger partial charge in [0.15, 0.2) is 0 Å². The van der Waals surface area contributed by atoms with Crippen LogP contribution in [0, 0.1) is 5.82 Å². The Bertz CT molecular complexity index is 731. The molecule has 0 radical (unpaired) electrons. The second-order valence-corrected chi connectivity index (χ2v) is 8.13. The fourth-order valence-corrected chi connectivity index (χ4v) is 4.37. The Morgan fingerprint density at radius 2 is 2.10 bits per heavy atom. The van der Waals surface area contributed by atoms with Crippen LogP contribution in [0.1, 0.15) is 4.88 Å². The SMILES string of the molecule is CN(Cc1cc(Br)cs1)S(=O)(=O)c1ccc(F)c(N)c1. The van der Waals surface area contributed by atoms with E-state index in [1.165, 1.54) is 28.8 Å². The van der Waals surface area contributed by atoms with Crippen molar-refractivity contribution < 1.29 is 12.8 Å². The van der Waals surface area contributed by atoms with Crippen molar-refractivity contribution in [2.45, 2.75) is 11.4 Å². The Kier molecular flexibility index (Phi) is 4.48. The van der Waals surface area contributed by atoms with Crippen LogP contribution >= 0.6 is 27.3 Å². The second kappa shape index (κ2) is 5.80. The molecule has 8 heteroatoms.